The van der Waals surface area contributed by atoms with Gasteiger partial charge in [0.15, 0.2) is 6.04 Å². The van der Waals surface area contributed by atoms with Gasteiger partial charge in [0.1, 0.15) is 0 Å². The molecule has 1 aliphatic carbocycles. The van der Waals surface area contributed by atoms with Gasteiger partial charge in [-0.15, -0.1) is 11.3 Å². The Kier molecular flexibility index (Phi) is 6.30. The lowest BCUT2D eigenvalue weighted by atomic mass is 10.1. The summed E-state index contributed by atoms with van der Waals surface area (Å²) in [6, 6.07) is 7.04. The number of benzene rings is 1. The van der Waals surface area contributed by atoms with E-state index in [0.29, 0.717) is 14.8 Å². The fraction of sp³-hybridized carbons (Fsp3) is 0.368. The van der Waals surface area contributed by atoms with Crippen LogP contribution in [0.25, 0.3) is 0 Å². The first-order valence-corrected chi connectivity index (χ1v) is 10.0. The van der Waals surface area contributed by atoms with Crippen molar-refractivity contribution in [1.82, 2.24) is 5.32 Å². The molecule has 1 N–H and O–H groups in total. The number of alkyl halides is 3. The fourth-order valence-electron chi connectivity index (χ4n) is 3.29. The number of nitrogens with one attached hydrogen (secondary N) is 1. The van der Waals surface area contributed by atoms with Crippen molar-refractivity contribution in [2.24, 2.45) is 0 Å². The zero-order valence-corrected chi connectivity index (χ0v) is 16.3. The molecule has 1 unspecified atom stereocenters. The van der Waals surface area contributed by atoms with E-state index in [0.717, 1.165) is 37.0 Å². The molecular weight excluding hydrogens is 413 g/mol. The maximum atomic E-state index is 13.4. The van der Waals surface area contributed by atoms with Crippen molar-refractivity contribution in [1.29, 1.82) is 0 Å². The molecule has 0 saturated heterocycles. The second kappa shape index (κ2) is 8.53. The molecule has 28 heavy (non-hydrogen) atoms. The molecule has 1 atom stereocenters. The number of hydrogen-bond donors (Lipinski definition) is 1. The Morgan fingerprint density at radius 1 is 1.14 bits per heavy atom. The number of halogens is 4. The van der Waals surface area contributed by atoms with E-state index in [2.05, 4.69) is 5.32 Å². The lowest BCUT2D eigenvalue weighted by Gasteiger charge is -2.31. The zero-order valence-electron chi connectivity index (χ0n) is 14.7. The Morgan fingerprint density at radius 3 is 2.32 bits per heavy atom. The normalized spacial score (nSPS) is 16.0. The van der Waals surface area contributed by atoms with Crippen molar-refractivity contribution in [3.63, 3.8) is 0 Å². The van der Waals surface area contributed by atoms with Crippen molar-refractivity contribution in [3.8, 4) is 0 Å². The van der Waals surface area contributed by atoms with Gasteiger partial charge >= 0.3 is 12.1 Å². The molecule has 0 radical (unpaired) electrons. The number of rotatable bonds is 5. The Hall–Kier alpha value is -2.06. The molecule has 1 fully saturated rings. The third-order valence-corrected chi connectivity index (χ3v) is 5.76. The summed E-state index contributed by atoms with van der Waals surface area (Å²) in [6.45, 7) is 0. The van der Waals surface area contributed by atoms with Crippen LogP contribution in [0.5, 0.6) is 0 Å². The van der Waals surface area contributed by atoms with E-state index in [1.54, 1.807) is 17.5 Å². The number of nitrogens with zero attached hydrogens (tertiary/aromatic N) is 1. The number of thiophene rings is 1. The standard InChI is InChI=1S/C19H18ClF3N2O2S/c20-12-7-9-14(10-8-12)25(18(27)19(21,22)23)16(15-6-3-11-28-15)17(26)24-13-4-1-2-5-13/h3,6-11,13,16H,1-2,4-5H2,(H,24,26). The Balaban J connectivity index is 2.03. The summed E-state index contributed by atoms with van der Waals surface area (Å²) < 4.78 is 40.2. The summed E-state index contributed by atoms with van der Waals surface area (Å²) in [5.74, 6) is -2.73. The Morgan fingerprint density at radius 2 is 1.79 bits per heavy atom. The molecule has 2 amide bonds. The number of hydrogen-bond acceptors (Lipinski definition) is 3. The molecule has 0 spiro atoms. The van der Waals surface area contributed by atoms with Crippen molar-refractivity contribution in [2.75, 3.05) is 4.90 Å². The maximum absolute atomic E-state index is 13.4. The molecule has 0 aliphatic heterocycles. The Labute approximate surface area is 169 Å². The fourth-order valence-corrected chi connectivity index (χ4v) is 4.23. The molecule has 1 aromatic carbocycles. The lowest BCUT2D eigenvalue weighted by molar-refractivity contribution is -0.171. The first-order valence-electron chi connectivity index (χ1n) is 8.77. The van der Waals surface area contributed by atoms with Gasteiger partial charge in [0, 0.05) is 21.6 Å². The summed E-state index contributed by atoms with van der Waals surface area (Å²) in [6.07, 6.45) is -1.68. The molecule has 1 aromatic heterocycles. The van der Waals surface area contributed by atoms with Crippen LogP contribution in [0.1, 0.15) is 36.6 Å². The van der Waals surface area contributed by atoms with Crippen molar-refractivity contribution >= 4 is 40.4 Å². The van der Waals surface area contributed by atoms with Crippen LogP contribution >= 0.6 is 22.9 Å². The van der Waals surface area contributed by atoms with Gasteiger partial charge in [-0.2, -0.15) is 13.2 Å². The monoisotopic (exact) mass is 430 g/mol. The van der Waals surface area contributed by atoms with Crippen molar-refractivity contribution < 1.29 is 22.8 Å². The molecule has 9 heteroatoms. The zero-order chi connectivity index (χ0) is 20.3. The highest BCUT2D eigenvalue weighted by molar-refractivity contribution is 7.10. The SMILES string of the molecule is O=C(NC1CCCC1)C(c1cccs1)N(C(=O)C(F)(F)F)c1ccc(Cl)cc1. The van der Waals surface area contributed by atoms with Gasteiger partial charge in [-0.3, -0.25) is 14.5 Å². The minimum atomic E-state index is -5.14. The van der Waals surface area contributed by atoms with Gasteiger partial charge in [-0.05, 0) is 48.6 Å². The van der Waals surface area contributed by atoms with Gasteiger partial charge in [-0.25, -0.2) is 0 Å². The van der Waals surface area contributed by atoms with Crippen LogP contribution in [-0.2, 0) is 9.59 Å². The first-order chi connectivity index (χ1) is 13.3. The highest BCUT2D eigenvalue weighted by Gasteiger charge is 2.47. The van der Waals surface area contributed by atoms with Crippen LogP contribution < -0.4 is 10.2 Å². The molecule has 3 rings (SSSR count). The van der Waals surface area contributed by atoms with Crippen LogP contribution in [0.15, 0.2) is 41.8 Å². The minimum Gasteiger partial charge on any atom is -0.351 e. The van der Waals surface area contributed by atoms with Gasteiger partial charge in [-0.1, -0.05) is 30.5 Å². The third kappa shape index (κ3) is 4.67. The van der Waals surface area contributed by atoms with Gasteiger partial charge < -0.3 is 5.32 Å². The third-order valence-electron chi connectivity index (χ3n) is 4.59. The first kappa shape index (κ1) is 20.7. The molecule has 4 nitrogen and oxygen atoms in total. The van der Waals surface area contributed by atoms with E-state index in [1.807, 2.05) is 0 Å². The molecule has 1 heterocycles. The van der Waals surface area contributed by atoms with Crippen molar-refractivity contribution in [3.05, 3.63) is 51.7 Å². The summed E-state index contributed by atoms with van der Waals surface area (Å²) in [7, 11) is 0. The molecule has 1 aliphatic rings. The quantitative estimate of drug-likeness (QED) is 0.717. The smallest absolute Gasteiger partial charge is 0.351 e. The predicted octanol–water partition coefficient (Wildman–Crippen LogP) is 5.10. The summed E-state index contributed by atoms with van der Waals surface area (Å²) in [4.78, 5) is 26.2. The van der Waals surface area contributed by atoms with E-state index in [9.17, 15) is 22.8 Å². The minimum absolute atomic E-state index is 0.0494. The summed E-state index contributed by atoms with van der Waals surface area (Å²) >= 11 is 6.96. The number of carbonyl (C=O) groups is 2. The van der Waals surface area contributed by atoms with Crippen LogP contribution in [0, 0.1) is 0 Å². The molecule has 1 saturated carbocycles. The van der Waals surface area contributed by atoms with Crippen LogP contribution in [0.2, 0.25) is 5.02 Å². The average molecular weight is 431 g/mol. The average Bonchev–Trinajstić information content (AvgIpc) is 3.33. The van der Waals surface area contributed by atoms with Gasteiger partial charge in [0.2, 0.25) is 5.91 Å². The van der Waals surface area contributed by atoms with E-state index >= 15 is 0 Å². The van der Waals surface area contributed by atoms with Crippen LogP contribution in [0.3, 0.4) is 0 Å². The Bertz CT molecular complexity index is 819. The number of amides is 2. The molecular formula is C19H18ClF3N2O2S. The highest BCUT2D eigenvalue weighted by Crippen LogP contribution is 2.35. The van der Waals surface area contributed by atoms with Crippen molar-refractivity contribution in [2.45, 2.75) is 43.9 Å². The number of carbonyl (C=O) groups excluding carboxylic acids is 2. The van der Waals surface area contributed by atoms with E-state index in [-0.39, 0.29) is 11.7 Å². The maximum Gasteiger partial charge on any atom is 0.471 e. The lowest BCUT2D eigenvalue weighted by Crippen LogP contribution is -2.50. The van der Waals surface area contributed by atoms with Gasteiger partial charge in [0.05, 0.1) is 0 Å². The molecule has 0 bridgehead atoms. The van der Waals surface area contributed by atoms with Crippen LogP contribution in [-0.4, -0.2) is 24.0 Å². The molecule has 2 aromatic rings. The topological polar surface area (TPSA) is 49.4 Å². The summed E-state index contributed by atoms with van der Waals surface area (Å²) in [5, 5.41) is 4.78. The second-order valence-electron chi connectivity index (χ2n) is 6.56. The summed E-state index contributed by atoms with van der Waals surface area (Å²) in [5.41, 5.74) is -0.0494. The highest BCUT2D eigenvalue weighted by atomic mass is 35.5. The van der Waals surface area contributed by atoms with E-state index in [1.165, 1.54) is 24.3 Å². The largest absolute Gasteiger partial charge is 0.471 e. The predicted molar refractivity (Wildman–Crippen MR) is 102 cm³/mol. The van der Waals surface area contributed by atoms with E-state index < -0.39 is 24.0 Å². The number of anilines is 1. The second-order valence-corrected chi connectivity index (χ2v) is 7.97. The van der Waals surface area contributed by atoms with E-state index in [4.69, 9.17) is 11.6 Å². The molecule has 150 valence electrons. The van der Waals surface area contributed by atoms with Crippen LogP contribution in [0.4, 0.5) is 18.9 Å². The van der Waals surface area contributed by atoms with Gasteiger partial charge in [0.25, 0.3) is 0 Å².